The molecule has 0 bridgehead atoms. The van der Waals surface area contributed by atoms with Gasteiger partial charge in [-0.05, 0) is 0 Å². The fourth-order valence-corrected chi connectivity index (χ4v) is 1.93. The molecule has 1 aliphatic rings. The molecule has 0 amide bonds. The molecule has 2 aromatic heterocycles. The van der Waals surface area contributed by atoms with Gasteiger partial charge in [-0.15, -0.1) is 5.10 Å². The number of nitrogens with zero attached hydrogens (tertiary/aromatic N) is 5. The van der Waals surface area contributed by atoms with Crippen LogP contribution < -0.4 is 5.32 Å². The highest BCUT2D eigenvalue weighted by molar-refractivity contribution is 5.50. The summed E-state index contributed by atoms with van der Waals surface area (Å²) in [6.07, 6.45) is 1.88. The molecule has 3 rings (SSSR count). The Bertz CT molecular complexity index is 509. The van der Waals surface area contributed by atoms with E-state index in [0.717, 1.165) is 30.3 Å². The molecule has 0 atom stereocenters. The van der Waals surface area contributed by atoms with Crippen molar-refractivity contribution < 1.29 is 0 Å². The van der Waals surface area contributed by atoms with E-state index >= 15 is 0 Å². The van der Waals surface area contributed by atoms with E-state index in [1.807, 2.05) is 20.3 Å². The SMILES string of the molecule is Cn1cc(-c2nc3c(n2C)CNC3)nn1. The largest absolute Gasteiger partial charge is 0.328 e. The number of aromatic nitrogens is 5. The standard InChI is InChI=1S/C9H12N6/c1-14-5-7(12-13-14)9-11-6-3-10-4-8(6)15(9)2/h5,10H,3-4H2,1-2H3. The third-order valence-electron chi connectivity index (χ3n) is 2.71. The summed E-state index contributed by atoms with van der Waals surface area (Å²) >= 11 is 0. The Labute approximate surface area is 86.9 Å². The van der Waals surface area contributed by atoms with Gasteiger partial charge in [-0.3, -0.25) is 4.68 Å². The van der Waals surface area contributed by atoms with Crippen LogP contribution in [0.15, 0.2) is 6.20 Å². The molecule has 6 nitrogen and oxygen atoms in total. The first-order valence-corrected chi connectivity index (χ1v) is 4.87. The van der Waals surface area contributed by atoms with Crippen molar-refractivity contribution in [3.63, 3.8) is 0 Å². The highest BCUT2D eigenvalue weighted by Crippen LogP contribution is 2.21. The van der Waals surface area contributed by atoms with Crippen LogP contribution >= 0.6 is 0 Å². The number of hydrogen-bond donors (Lipinski definition) is 1. The number of rotatable bonds is 1. The minimum atomic E-state index is 0.828. The molecule has 0 saturated heterocycles. The van der Waals surface area contributed by atoms with E-state index in [1.54, 1.807) is 4.68 Å². The van der Waals surface area contributed by atoms with Crippen molar-refractivity contribution in [3.05, 3.63) is 17.6 Å². The molecule has 0 saturated carbocycles. The second-order valence-corrected chi connectivity index (χ2v) is 3.77. The van der Waals surface area contributed by atoms with E-state index in [-0.39, 0.29) is 0 Å². The number of nitrogens with one attached hydrogen (secondary N) is 1. The normalized spacial score (nSPS) is 14.5. The molecule has 0 radical (unpaired) electrons. The van der Waals surface area contributed by atoms with E-state index in [0.29, 0.717) is 0 Å². The summed E-state index contributed by atoms with van der Waals surface area (Å²) in [5.74, 6) is 0.898. The summed E-state index contributed by atoms with van der Waals surface area (Å²) in [5, 5.41) is 11.3. The van der Waals surface area contributed by atoms with Gasteiger partial charge in [-0.2, -0.15) is 0 Å². The van der Waals surface area contributed by atoms with E-state index in [9.17, 15) is 0 Å². The van der Waals surface area contributed by atoms with Crippen LogP contribution in [0.5, 0.6) is 0 Å². The van der Waals surface area contributed by atoms with Crippen LogP contribution in [0.1, 0.15) is 11.4 Å². The first kappa shape index (κ1) is 8.60. The zero-order valence-electron chi connectivity index (χ0n) is 8.73. The summed E-state index contributed by atoms with van der Waals surface area (Å²) in [6.45, 7) is 1.74. The highest BCUT2D eigenvalue weighted by atomic mass is 15.4. The number of fused-ring (bicyclic) bond motifs is 1. The fourth-order valence-electron chi connectivity index (χ4n) is 1.93. The number of imidazole rings is 1. The first-order chi connectivity index (χ1) is 7.25. The Morgan fingerprint density at radius 3 is 2.87 bits per heavy atom. The van der Waals surface area contributed by atoms with E-state index in [4.69, 9.17) is 0 Å². The van der Waals surface area contributed by atoms with Crippen molar-refractivity contribution in [1.29, 1.82) is 0 Å². The second-order valence-electron chi connectivity index (χ2n) is 3.77. The third-order valence-corrected chi connectivity index (χ3v) is 2.71. The van der Waals surface area contributed by atoms with Gasteiger partial charge in [0.15, 0.2) is 5.82 Å². The summed E-state index contributed by atoms with van der Waals surface area (Å²) in [7, 11) is 3.87. The van der Waals surface area contributed by atoms with Gasteiger partial charge < -0.3 is 9.88 Å². The summed E-state index contributed by atoms with van der Waals surface area (Å²) in [4.78, 5) is 4.56. The fraction of sp³-hybridized carbons (Fsp3) is 0.444. The summed E-state index contributed by atoms with van der Waals surface area (Å²) in [6, 6.07) is 0. The highest BCUT2D eigenvalue weighted by Gasteiger charge is 2.20. The lowest BCUT2D eigenvalue weighted by Gasteiger charge is -2.00. The molecule has 2 aromatic rings. The Balaban J connectivity index is 2.13. The quantitative estimate of drug-likeness (QED) is 0.700. The topological polar surface area (TPSA) is 60.6 Å². The molecule has 78 valence electrons. The van der Waals surface area contributed by atoms with Gasteiger partial charge in [0.1, 0.15) is 5.69 Å². The average molecular weight is 204 g/mol. The maximum atomic E-state index is 4.56. The predicted octanol–water partition coefficient (Wildman–Crippen LogP) is -0.181. The lowest BCUT2D eigenvalue weighted by Crippen LogP contribution is -2.06. The molecule has 0 spiro atoms. The van der Waals surface area contributed by atoms with Gasteiger partial charge in [-0.1, -0.05) is 5.21 Å². The van der Waals surface area contributed by atoms with Crippen molar-refractivity contribution in [2.75, 3.05) is 0 Å². The second kappa shape index (κ2) is 2.90. The van der Waals surface area contributed by atoms with Crippen molar-refractivity contribution >= 4 is 0 Å². The van der Waals surface area contributed by atoms with Gasteiger partial charge in [0, 0.05) is 27.2 Å². The lowest BCUT2D eigenvalue weighted by molar-refractivity contribution is 0.711. The van der Waals surface area contributed by atoms with E-state index in [2.05, 4.69) is 25.2 Å². The van der Waals surface area contributed by atoms with Crippen molar-refractivity contribution in [1.82, 2.24) is 29.9 Å². The minimum Gasteiger partial charge on any atom is -0.328 e. The molecule has 0 aliphatic carbocycles. The lowest BCUT2D eigenvalue weighted by atomic mass is 10.4. The molecule has 6 heteroatoms. The molecule has 1 N–H and O–H groups in total. The van der Waals surface area contributed by atoms with Gasteiger partial charge >= 0.3 is 0 Å². The van der Waals surface area contributed by atoms with Crippen LogP contribution in [0, 0.1) is 0 Å². The zero-order chi connectivity index (χ0) is 10.4. The van der Waals surface area contributed by atoms with E-state index < -0.39 is 0 Å². The van der Waals surface area contributed by atoms with Gasteiger partial charge in [0.05, 0.1) is 17.6 Å². The Morgan fingerprint density at radius 1 is 1.33 bits per heavy atom. The zero-order valence-corrected chi connectivity index (χ0v) is 8.73. The van der Waals surface area contributed by atoms with Crippen LogP contribution in [-0.4, -0.2) is 24.5 Å². The molecular weight excluding hydrogens is 192 g/mol. The monoisotopic (exact) mass is 204 g/mol. The van der Waals surface area contributed by atoms with Crippen LogP contribution in [0.4, 0.5) is 0 Å². The minimum absolute atomic E-state index is 0.828. The molecule has 0 unspecified atom stereocenters. The summed E-state index contributed by atoms with van der Waals surface area (Å²) in [5.41, 5.74) is 3.20. The van der Waals surface area contributed by atoms with Gasteiger partial charge in [-0.25, -0.2) is 4.98 Å². The molecule has 0 fully saturated rings. The molecule has 3 heterocycles. The van der Waals surface area contributed by atoms with Crippen molar-refractivity contribution in [3.8, 4) is 11.5 Å². The molecular formula is C9H12N6. The number of aryl methyl sites for hydroxylation is 1. The number of hydrogen-bond acceptors (Lipinski definition) is 4. The maximum absolute atomic E-state index is 4.56. The molecule has 15 heavy (non-hydrogen) atoms. The third kappa shape index (κ3) is 1.18. The Hall–Kier alpha value is -1.69. The van der Waals surface area contributed by atoms with Crippen LogP contribution in [0.2, 0.25) is 0 Å². The van der Waals surface area contributed by atoms with Crippen molar-refractivity contribution in [2.24, 2.45) is 14.1 Å². The average Bonchev–Trinajstić information content (AvgIpc) is 2.84. The first-order valence-electron chi connectivity index (χ1n) is 4.87. The molecule has 1 aliphatic heterocycles. The Kier molecular flexibility index (Phi) is 1.66. The smallest absolute Gasteiger partial charge is 0.162 e. The maximum Gasteiger partial charge on any atom is 0.162 e. The van der Waals surface area contributed by atoms with Crippen LogP contribution in [0.25, 0.3) is 11.5 Å². The van der Waals surface area contributed by atoms with Gasteiger partial charge in [0.25, 0.3) is 0 Å². The Morgan fingerprint density at radius 2 is 2.20 bits per heavy atom. The summed E-state index contributed by atoms with van der Waals surface area (Å²) < 4.78 is 3.77. The molecule has 0 aromatic carbocycles. The van der Waals surface area contributed by atoms with Crippen LogP contribution in [0.3, 0.4) is 0 Å². The van der Waals surface area contributed by atoms with Gasteiger partial charge in [0.2, 0.25) is 0 Å². The predicted molar refractivity (Wildman–Crippen MR) is 53.7 cm³/mol. The van der Waals surface area contributed by atoms with Crippen molar-refractivity contribution in [2.45, 2.75) is 13.1 Å². The van der Waals surface area contributed by atoms with E-state index in [1.165, 1.54) is 5.69 Å². The van der Waals surface area contributed by atoms with Crippen LogP contribution in [-0.2, 0) is 27.2 Å².